The number of hydrazine groups is 1. The Morgan fingerprint density at radius 1 is 1.29 bits per heavy atom. The number of hydrogen-bond donors (Lipinski definition) is 1. The molecule has 5 heteroatoms. The van der Waals surface area contributed by atoms with Gasteiger partial charge in [-0.3, -0.25) is 5.01 Å². The van der Waals surface area contributed by atoms with Crippen LogP contribution >= 0.6 is 11.6 Å². The van der Waals surface area contributed by atoms with Crippen LogP contribution in [0.2, 0.25) is 0 Å². The number of nitrogens with one attached hydrogen (secondary N) is 1. The summed E-state index contributed by atoms with van der Waals surface area (Å²) in [5, 5.41) is 4.70. The van der Waals surface area contributed by atoms with Crippen LogP contribution in [0.1, 0.15) is 30.5 Å². The van der Waals surface area contributed by atoms with E-state index in [-0.39, 0.29) is 0 Å². The minimum atomic E-state index is 0.408. The number of H-pyrrole nitrogens is 1. The Morgan fingerprint density at radius 3 is 2.50 bits per heavy atom. The summed E-state index contributed by atoms with van der Waals surface area (Å²) in [6.45, 7) is 10.3. The minimum absolute atomic E-state index is 0.408. The summed E-state index contributed by atoms with van der Waals surface area (Å²) < 4.78 is 0. The SMILES string of the molecule is C=C/C=C(Cl)\C=C(/N(C)C(=C)C1CC=C(c2cc(C)c[nH]2)CC1)N(C)N(C)C. The maximum absolute atomic E-state index is 6.35. The Bertz CT molecular complexity index is 797. The maximum Gasteiger partial charge on any atom is 0.124 e. The average Bonchev–Trinajstić information content (AvgIpc) is 3.11. The Balaban J connectivity index is 2.17. The fraction of sp³-hybridized carbons (Fsp3) is 0.391. The van der Waals surface area contributed by atoms with Crippen LogP contribution in [0.5, 0.6) is 0 Å². The molecule has 0 aliphatic heterocycles. The number of halogens is 1. The van der Waals surface area contributed by atoms with Crippen molar-refractivity contribution in [3.05, 3.63) is 77.5 Å². The molecule has 152 valence electrons. The smallest absolute Gasteiger partial charge is 0.124 e. The fourth-order valence-electron chi connectivity index (χ4n) is 3.39. The van der Waals surface area contributed by atoms with Crippen molar-refractivity contribution in [1.82, 2.24) is 19.9 Å². The van der Waals surface area contributed by atoms with Gasteiger partial charge in [0.25, 0.3) is 0 Å². The highest BCUT2D eigenvalue weighted by Gasteiger charge is 2.24. The van der Waals surface area contributed by atoms with Crippen LogP contribution < -0.4 is 0 Å². The zero-order chi connectivity index (χ0) is 20.8. The predicted molar refractivity (Wildman–Crippen MR) is 121 cm³/mol. The van der Waals surface area contributed by atoms with Crippen molar-refractivity contribution >= 4 is 17.2 Å². The molecule has 1 aromatic heterocycles. The molecule has 1 atom stereocenters. The van der Waals surface area contributed by atoms with Crippen molar-refractivity contribution in [3.63, 3.8) is 0 Å². The molecule has 1 aromatic rings. The summed E-state index contributed by atoms with van der Waals surface area (Å²) in [7, 11) is 8.08. The van der Waals surface area contributed by atoms with Crippen LogP contribution in [0.3, 0.4) is 0 Å². The van der Waals surface area contributed by atoms with Crippen LogP contribution in [0.15, 0.2) is 66.3 Å². The molecular weight excluding hydrogens is 368 g/mol. The molecular formula is C23H33ClN4. The molecule has 0 bridgehead atoms. The molecule has 1 heterocycles. The number of aromatic amines is 1. The van der Waals surface area contributed by atoms with Crippen LogP contribution in [0.4, 0.5) is 0 Å². The van der Waals surface area contributed by atoms with Crippen molar-refractivity contribution in [2.45, 2.75) is 26.2 Å². The Morgan fingerprint density at radius 2 is 2.00 bits per heavy atom. The van der Waals surface area contributed by atoms with Crippen molar-refractivity contribution in [1.29, 1.82) is 0 Å². The molecule has 1 aliphatic carbocycles. The first-order chi connectivity index (χ1) is 13.2. The first-order valence-corrected chi connectivity index (χ1v) is 10.00. The molecule has 0 saturated carbocycles. The molecule has 4 nitrogen and oxygen atoms in total. The van der Waals surface area contributed by atoms with E-state index in [4.69, 9.17) is 11.6 Å². The third kappa shape index (κ3) is 5.43. The number of nitrogens with zero attached hydrogens (tertiary/aromatic N) is 3. The van der Waals surface area contributed by atoms with E-state index in [1.807, 2.05) is 32.2 Å². The lowest BCUT2D eigenvalue weighted by atomic mass is 9.86. The largest absolute Gasteiger partial charge is 0.361 e. The van der Waals surface area contributed by atoms with Gasteiger partial charge in [0.05, 0.1) is 0 Å². The molecule has 0 saturated heterocycles. The summed E-state index contributed by atoms with van der Waals surface area (Å²) in [4.78, 5) is 5.51. The second-order valence-corrected chi connectivity index (χ2v) is 7.94. The molecule has 2 rings (SSSR count). The van der Waals surface area contributed by atoms with Crippen LogP contribution in [0, 0.1) is 12.8 Å². The van der Waals surface area contributed by atoms with Gasteiger partial charge in [-0.25, -0.2) is 5.01 Å². The lowest BCUT2D eigenvalue weighted by Crippen LogP contribution is -2.39. The van der Waals surface area contributed by atoms with Crippen LogP contribution in [-0.2, 0) is 0 Å². The number of aryl methyl sites for hydroxylation is 1. The minimum Gasteiger partial charge on any atom is -0.361 e. The van der Waals surface area contributed by atoms with E-state index in [1.165, 1.54) is 16.8 Å². The standard InChI is InChI=1S/C23H33ClN4/c1-8-9-21(24)15-23(28(7)26(4)5)27(6)18(3)19-10-12-20(13-11-19)22-14-17(2)16-25-22/h8-9,12,14-16,19,25H,1,3,10-11,13H2,2,4-7H3/b21-9+,23-15+. The molecule has 0 spiro atoms. The number of aromatic nitrogens is 1. The summed E-state index contributed by atoms with van der Waals surface area (Å²) in [6, 6.07) is 2.22. The first kappa shape index (κ1) is 22.1. The monoisotopic (exact) mass is 400 g/mol. The van der Waals surface area contributed by atoms with Gasteiger partial charge in [-0.1, -0.05) is 36.9 Å². The quantitative estimate of drug-likeness (QED) is 0.460. The van der Waals surface area contributed by atoms with Gasteiger partial charge in [0, 0.05) is 56.7 Å². The highest BCUT2D eigenvalue weighted by Crippen LogP contribution is 2.35. The van der Waals surface area contributed by atoms with E-state index in [1.54, 1.807) is 12.2 Å². The van der Waals surface area contributed by atoms with Crippen LogP contribution in [-0.4, -0.2) is 48.1 Å². The molecule has 0 aromatic carbocycles. The zero-order valence-electron chi connectivity index (χ0n) is 17.8. The number of hydrogen-bond acceptors (Lipinski definition) is 3. The van der Waals surface area contributed by atoms with Gasteiger partial charge in [0.2, 0.25) is 0 Å². The van der Waals surface area contributed by atoms with Gasteiger partial charge in [-0.2, -0.15) is 0 Å². The van der Waals surface area contributed by atoms with E-state index in [9.17, 15) is 0 Å². The van der Waals surface area contributed by atoms with Gasteiger partial charge < -0.3 is 9.88 Å². The fourth-order valence-corrected chi connectivity index (χ4v) is 3.57. The summed E-state index contributed by atoms with van der Waals surface area (Å²) in [6.07, 6.45) is 13.0. The van der Waals surface area contributed by atoms with E-state index in [0.717, 1.165) is 30.8 Å². The highest BCUT2D eigenvalue weighted by molar-refractivity contribution is 6.31. The van der Waals surface area contributed by atoms with Crippen molar-refractivity contribution in [2.75, 3.05) is 28.2 Å². The predicted octanol–water partition coefficient (Wildman–Crippen LogP) is 5.51. The van der Waals surface area contributed by atoms with E-state index in [0.29, 0.717) is 11.0 Å². The third-order valence-electron chi connectivity index (χ3n) is 5.31. The average molecular weight is 401 g/mol. The molecule has 1 unspecified atom stereocenters. The van der Waals surface area contributed by atoms with E-state index >= 15 is 0 Å². The van der Waals surface area contributed by atoms with Gasteiger partial charge in [0.1, 0.15) is 5.82 Å². The Kier molecular flexibility index (Phi) is 7.78. The second-order valence-electron chi connectivity index (χ2n) is 7.50. The lowest BCUT2D eigenvalue weighted by molar-refractivity contribution is 0.0649. The molecule has 0 fully saturated rings. The number of allylic oxidation sites excluding steroid dienone is 7. The third-order valence-corrected chi connectivity index (χ3v) is 5.54. The van der Waals surface area contributed by atoms with E-state index < -0.39 is 0 Å². The topological polar surface area (TPSA) is 25.5 Å². The summed E-state index contributed by atoms with van der Waals surface area (Å²) in [5.41, 5.74) is 5.01. The van der Waals surface area contributed by atoms with Gasteiger partial charge in [-0.05, 0) is 55.5 Å². The van der Waals surface area contributed by atoms with Crippen molar-refractivity contribution < 1.29 is 0 Å². The molecule has 0 radical (unpaired) electrons. The summed E-state index contributed by atoms with van der Waals surface area (Å²) >= 11 is 6.35. The Hall–Kier alpha value is -2.17. The molecule has 0 amide bonds. The highest BCUT2D eigenvalue weighted by atomic mass is 35.5. The number of rotatable bonds is 8. The molecule has 1 N–H and O–H groups in total. The van der Waals surface area contributed by atoms with Gasteiger partial charge in [0.15, 0.2) is 0 Å². The Labute approximate surface area is 175 Å². The van der Waals surface area contributed by atoms with Crippen molar-refractivity contribution in [3.8, 4) is 0 Å². The zero-order valence-corrected chi connectivity index (χ0v) is 18.6. The van der Waals surface area contributed by atoms with E-state index in [2.05, 4.69) is 60.4 Å². The molecule has 1 aliphatic rings. The second kappa shape index (κ2) is 9.85. The van der Waals surface area contributed by atoms with Crippen molar-refractivity contribution in [2.24, 2.45) is 5.92 Å². The lowest BCUT2D eigenvalue weighted by Gasteiger charge is -2.38. The van der Waals surface area contributed by atoms with Crippen LogP contribution in [0.25, 0.3) is 5.57 Å². The first-order valence-electron chi connectivity index (χ1n) is 9.62. The van der Waals surface area contributed by atoms with Gasteiger partial charge >= 0.3 is 0 Å². The normalized spacial score (nSPS) is 18.1. The molecule has 28 heavy (non-hydrogen) atoms. The maximum atomic E-state index is 6.35. The van der Waals surface area contributed by atoms with Gasteiger partial charge in [-0.15, -0.1) is 0 Å². The summed E-state index contributed by atoms with van der Waals surface area (Å²) in [5.74, 6) is 1.37.